The molecule has 0 radical (unpaired) electrons. The van der Waals surface area contributed by atoms with Crippen molar-refractivity contribution in [1.82, 2.24) is 15.5 Å². The smallest absolute Gasteiger partial charge is 0.243 e. The lowest BCUT2D eigenvalue weighted by atomic mass is 9.95. The number of hydrogen-bond donors (Lipinski definition) is 2. The second kappa shape index (κ2) is 9.77. The molecule has 6 heteroatoms. The Kier molecular flexibility index (Phi) is 8.38. The van der Waals surface area contributed by atoms with Crippen molar-refractivity contribution < 1.29 is 4.79 Å². The monoisotopic (exact) mass is 326 g/mol. The lowest BCUT2D eigenvalue weighted by molar-refractivity contribution is -0.127. The van der Waals surface area contributed by atoms with E-state index in [0.717, 1.165) is 23.7 Å². The predicted octanol–water partition coefficient (Wildman–Crippen LogP) is 1.86. The maximum Gasteiger partial charge on any atom is 0.243 e. The summed E-state index contributed by atoms with van der Waals surface area (Å²) in [5, 5.41) is 7.46. The average Bonchev–Trinajstić information content (AvgIpc) is 2.49. The zero-order chi connectivity index (χ0) is 16.5. The number of thioether (sulfide) groups is 1. The van der Waals surface area contributed by atoms with Crippen molar-refractivity contribution >= 4 is 23.6 Å². The van der Waals surface area contributed by atoms with E-state index in [-0.39, 0.29) is 12.5 Å². The lowest BCUT2D eigenvalue weighted by Gasteiger charge is -2.30. The molecule has 0 bridgehead atoms. The highest BCUT2D eigenvalue weighted by atomic mass is 32.2. The van der Waals surface area contributed by atoms with Gasteiger partial charge in [0.2, 0.25) is 5.91 Å². The summed E-state index contributed by atoms with van der Waals surface area (Å²) in [6.45, 7) is 6.70. The van der Waals surface area contributed by atoms with Gasteiger partial charge in [0.05, 0.1) is 0 Å². The molecule has 1 aliphatic rings. The van der Waals surface area contributed by atoms with Crippen LogP contribution < -0.4 is 10.6 Å². The van der Waals surface area contributed by atoms with E-state index >= 15 is 0 Å². The van der Waals surface area contributed by atoms with Crippen molar-refractivity contribution in [2.24, 2.45) is 4.99 Å². The minimum atomic E-state index is 0.00191. The number of aliphatic imine (C=N–C) groups is 1. The molecule has 0 heterocycles. The van der Waals surface area contributed by atoms with Gasteiger partial charge in [-0.25, -0.2) is 4.99 Å². The van der Waals surface area contributed by atoms with E-state index in [1.807, 2.05) is 18.7 Å². The van der Waals surface area contributed by atoms with Gasteiger partial charge in [-0.1, -0.05) is 18.6 Å². The molecular formula is C16H30N4OS. The van der Waals surface area contributed by atoms with Crippen LogP contribution in [0.5, 0.6) is 0 Å². The van der Waals surface area contributed by atoms with E-state index in [2.05, 4.69) is 28.5 Å². The highest BCUT2D eigenvalue weighted by molar-refractivity contribution is 7.99. The van der Waals surface area contributed by atoms with Crippen LogP contribution in [-0.4, -0.2) is 61.5 Å². The van der Waals surface area contributed by atoms with Gasteiger partial charge in [-0.2, -0.15) is 11.8 Å². The van der Waals surface area contributed by atoms with Gasteiger partial charge in [-0.15, -0.1) is 0 Å². The van der Waals surface area contributed by atoms with Crippen LogP contribution in [0.3, 0.4) is 0 Å². The molecule has 22 heavy (non-hydrogen) atoms. The summed E-state index contributed by atoms with van der Waals surface area (Å²) in [4.78, 5) is 17.7. The largest absolute Gasteiger partial charge is 0.354 e. The van der Waals surface area contributed by atoms with Crippen LogP contribution in [0.4, 0.5) is 0 Å². The maximum atomic E-state index is 11.7. The number of nitrogens with one attached hydrogen (secondary N) is 2. The molecule has 126 valence electrons. The normalized spacial score (nSPS) is 22.1. The molecule has 1 amide bonds. The van der Waals surface area contributed by atoms with Gasteiger partial charge in [0, 0.05) is 31.9 Å². The number of hydrogen-bond acceptors (Lipinski definition) is 3. The Morgan fingerprint density at radius 1 is 1.41 bits per heavy atom. The van der Waals surface area contributed by atoms with Crippen LogP contribution >= 0.6 is 11.8 Å². The first-order valence-electron chi connectivity index (χ1n) is 7.84. The topological polar surface area (TPSA) is 56.7 Å². The van der Waals surface area contributed by atoms with E-state index in [9.17, 15) is 4.79 Å². The van der Waals surface area contributed by atoms with Crippen LogP contribution in [0, 0.1) is 0 Å². The third-order valence-corrected chi connectivity index (χ3v) is 4.82. The van der Waals surface area contributed by atoms with Crippen LogP contribution in [0.2, 0.25) is 0 Å². The molecule has 0 aliphatic heterocycles. The number of rotatable bonds is 6. The summed E-state index contributed by atoms with van der Waals surface area (Å²) in [6, 6.07) is 0.428. The molecular weight excluding hydrogens is 296 g/mol. The molecule has 1 fully saturated rings. The molecule has 0 aromatic carbocycles. The van der Waals surface area contributed by atoms with Gasteiger partial charge in [0.25, 0.3) is 0 Å². The van der Waals surface area contributed by atoms with Crippen LogP contribution in [0.15, 0.2) is 17.1 Å². The zero-order valence-electron chi connectivity index (χ0n) is 14.3. The van der Waals surface area contributed by atoms with Gasteiger partial charge >= 0.3 is 0 Å². The first-order valence-corrected chi connectivity index (χ1v) is 9.13. The van der Waals surface area contributed by atoms with E-state index in [1.165, 1.54) is 12.8 Å². The third-order valence-electron chi connectivity index (χ3n) is 3.73. The molecule has 0 spiro atoms. The zero-order valence-corrected chi connectivity index (χ0v) is 15.1. The van der Waals surface area contributed by atoms with Crippen molar-refractivity contribution in [2.45, 2.75) is 43.9 Å². The van der Waals surface area contributed by atoms with Crippen LogP contribution in [-0.2, 0) is 4.79 Å². The molecule has 1 saturated carbocycles. The van der Waals surface area contributed by atoms with Crippen molar-refractivity contribution in [1.29, 1.82) is 0 Å². The standard InChI is InChI=1S/C16H30N4OS/c1-12(2)10-17-16(18-11-15(21)20(3)4)19-13-7-6-8-14(9-13)22-5/h13-14H,1,6-11H2,2-5H3,(H2,17,18,19). The fourth-order valence-electron chi connectivity index (χ4n) is 2.36. The second-order valence-corrected chi connectivity index (χ2v) is 7.27. The van der Waals surface area contributed by atoms with Gasteiger partial charge in [-0.3, -0.25) is 4.79 Å². The molecule has 2 N–H and O–H groups in total. The Hall–Kier alpha value is -1.17. The number of guanidine groups is 1. The number of nitrogens with zero attached hydrogens (tertiary/aromatic N) is 2. The SMILES string of the molecule is C=C(C)CNC(=NCC(=O)N(C)C)NC1CCCC(SC)C1. The first-order chi connectivity index (χ1) is 10.4. The summed E-state index contributed by atoms with van der Waals surface area (Å²) in [6.07, 6.45) is 7.03. The van der Waals surface area contributed by atoms with Gasteiger partial charge in [-0.05, 0) is 32.4 Å². The molecule has 1 aliphatic carbocycles. The van der Waals surface area contributed by atoms with Crippen LogP contribution in [0.1, 0.15) is 32.6 Å². The van der Waals surface area contributed by atoms with Crippen molar-refractivity contribution in [2.75, 3.05) is 33.4 Å². The number of likely N-dealkylation sites (N-methyl/N-ethyl adjacent to an activating group) is 1. The summed E-state index contributed by atoms with van der Waals surface area (Å²) in [5.74, 6) is 0.715. The summed E-state index contributed by atoms with van der Waals surface area (Å²) in [7, 11) is 3.49. The fourth-order valence-corrected chi connectivity index (χ4v) is 3.19. The van der Waals surface area contributed by atoms with E-state index < -0.39 is 0 Å². The quantitative estimate of drug-likeness (QED) is 0.444. The van der Waals surface area contributed by atoms with Crippen molar-refractivity contribution in [3.63, 3.8) is 0 Å². The summed E-state index contributed by atoms with van der Waals surface area (Å²) in [5.41, 5.74) is 1.04. The average molecular weight is 327 g/mol. The molecule has 2 unspecified atom stereocenters. The van der Waals surface area contributed by atoms with Crippen molar-refractivity contribution in [3.8, 4) is 0 Å². The summed E-state index contributed by atoms with van der Waals surface area (Å²) < 4.78 is 0. The van der Waals surface area contributed by atoms with Gasteiger partial charge in [0.1, 0.15) is 6.54 Å². The highest BCUT2D eigenvalue weighted by Gasteiger charge is 2.22. The molecule has 0 aromatic rings. The van der Waals surface area contributed by atoms with E-state index in [0.29, 0.717) is 18.5 Å². The van der Waals surface area contributed by atoms with Gasteiger partial charge in [0.15, 0.2) is 5.96 Å². The Morgan fingerprint density at radius 3 is 2.73 bits per heavy atom. The molecule has 5 nitrogen and oxygen atoms in total. The fraction of sp³-hybridized carbons (Fsp3) is 0.750. The number of carbonyl (C=O) groups is 1. The third kappa shape index (κ3) is 7.20. The maximum absolute atomic E-state index is 11.7. The summed E-state index contributed by atoms with van der Waals surface area (Å²) >= 11 is 1.94. The van der Waals surface area contributed by atoms with Crippen LogP contribution in [0.25, 0.3) is 0 Å². The first kappa shape index (κ1) is 18.9. The van der Waals surface area contributed by atoms with E-state index in [4.69, 9.17) is 0 Å². The Labute approximate surface area is 139 Å². The van der Waals surface area contributed by atoms with E-state index in [1.54, 1.807) is 19.0 Å². The highest BCUT2D eigenvalue weighted by Crippen LogP contribution is 2.26. The lowest BCUT2D eigenvalue weighted by Crippen LogP contribution is -2.46. The predicted molar refractivity (Wildman–Crippen MR) is 96.5 cm³/mol. The number of carbonyl (C=O) groups excluding carboxylic acids is 1. The number of amides is 1. The molecule has 1 rings (SSSR count). The second-order valence-electron chi connectivity index (χ2n) is 6.13. The minimum Gasteiger partial charge on any atom is -0.354 e. The Balaban J connectivity index is 2.62. The van der Waals surface area contributed by atoms with Gasteiger partial charge < -0.3 is 15.5 Å². The Bertz CT molecular complexity index is 409. The Morgan fingerprint density at radius 2 is 2.14 bits per heavy atom. The molecule has 0 aromatic heterocycles. The minimum absolute atomic E-state index is 0.00191. The van der Waals surface area contributed by atoms with Crippen molar-refractivity contribution in [3.05, 3.63) is 12.2 Å². The molecule has 0 saturated heterocycles. The molecule has 2 atom stereocenters.